The summed E-state index contributed by atoms with van der Waals surface area (Å²) in [6.45, 7) is 3.98. The minimum absolute atomic E-state index is 0.0759. The molecule has 1 aromatic carbocycles. The number of rotatable bonds is 6. The van der Waals surface area contributed by atoms with Crippen LogP contribution in [0.5, 0.6) is 0 Å². The van der Waals surface area contributed by atoms with Crippen molar-refractivity contribution in [1.82, 2.24) is 0 Å². The topological polar surface area (TPSA) is 18.5 Å². The van der Waals surface area contributed by atoms with E-state index in [1.54, 1.807) is 6.07 Å². The second-order valence-electron chi connectivity index (χ2n) is 10.0. The summed E-state index contributed by atoms with van der Waals surface area (Å²) in [5.74, 6) is 1.52. The summed E-state index contributed by atoms with van der Waals surface area (Å²) in [5, 5.41) is 0. The molecular formula is C26H38F2O2. The molecule has 4 heteroatoms. The molecule has 2 nitrogen and oxygen atoms in total. The fraction of sp³-hybridized carbons (Fsp3) is 0.769. The number of benzene rings is 1. The third-order valence-electron chi connectivity index (χ3n) is 8.04. The largest absolute Gasteiger partial charge is 0.352 e. The van der Waals surface area contributed by atoms with Gasteiger partial charge in [-0.1, -0.05) is 45.1 Å². The van der Waals surface area contributed by atoms with E-state index in [1.807, 2.05) is 0 Å². The number of unbranched alkanes of at least 4 members (excludes halogenated alkanes) is 1. The van der Waals surface area contributed by atoms with Gasteiger partial charge in [-0.25, -0.2) is 8.78 Å². The molecule has 30 heavy (non-hydrogen) atoms. The van der Waals surface area contributed by atoms with Crippen molar-refractivity contribution < 1.29 is 18.3 Å². The molecule has 0 bridgehead atoms. The van der Waals surface area contributed by atoms with E-state index in [4.69, 9.17) is 9.47 Å². The summed E-state index contributed by atoms with van der Waals surface area (Å²) in [5.41, 5.74) is 0.924. The van der Waals surface area contributed by atoms with Crippen molar-refractivity contribution in [2.24, 2.45) is 23.7 Å². The SMILES string of the molecule is CCCCC1CCC(C2COC(C3CCC(c4ccc(F)c(F)c4)CC3)OC2)CC1. The van der Waals surface area contributed by atoms with Crippen LogP contribution in [0.1, 0.15) is 89.0 Å². The van der Waals surface area contributed by atoms with Gasteiger partial charge in [0.25, 0.3) is 0 Å². The molecule has 1 aromatic rings. The fourth-order valence-electron chi connectivity index (χ4n) is 6.01. The van der Waals surface area contributed by atoms with Gasteiger partial charge in [-0.05, 0) is 74.0 Å². The van der Waals surface area contributed by atoms with Gasteiger partial charge >= 0.3 is 0 Å². The van der Waals surface area contributed by atoms with Crippen LogP contribution < -0.4 is 0 Å². The number of halogens is 2. The molecule has 0 unspecified atom stereocenters. The van der Waals surface area contributed by atoms with Gasteiger partial charge in [0.05, 0.1) is 13.2 Å². The van der Waals surface area contributed by atoms with Crippen molar-refractivity contribution in [3.63, 3.8) is 0 Å². The van der Waals surface area contributed by atoms with Gasteiger partial charge in [0.15, 0.2) is 17.9 Å². The molecule has 0 spiro atoms. The van der Waals surface area contributed by atoms with E-state index in [0.29, 0.717) is 17.8 Å². The zero-order chi connectivity index (χ0) is 20.9. The Bertz CT molecular complexity index is 655. The number of hydrogen-bond acceptors (Lipinski definition) is 2. The van der Waals surface area contributed by atoms with Gasteiger partial charge in [-0.2, -0.15) is 0 Å². The van der Waals surface area contributed by atoms with Crippen LogP contribution in [0, 0.1) is 35.3 Å². The molecule has 3 fully saturated rings. The van der Waals surface area contributed by atoms with Crippen molar-refractivity contribution in [3.05, 3.63) is 35.4 Å². The Balaban J connectivity index is 1.19. The summed E-state index contributed by atoms with van der Waals surface area (Å²) < 4.78 is 39.2. The molecule has 0 atom stereocenters. The minimum Gasteiger partial charge on any atom is -0.352 e. The lowest BCUT2D eigenvalue weighted by Gasteiger charge is -2.41. The van der Waals surface area contributed by atoms with E-state index in [9.17, 15) is 8.78 Å². The van der Waals surface area contributed by atoms with Gasteiger partial charge in [-0.3, -0.25) is 0 Å². The fourth-order valence-corrected chi connectivity index (χ4v) is 6.01. The Morgan fingerprint density at radius 3 is 2.10 bits per heavy atom. The van der Waals surface area contributed by atoms with Crippen LogP contribution in [-0.2, 0) is 9.47 Å². The molecule has 2 saturated carbocycles. The molecule has 168 valence electrons. The maximum Gasteiger partial charge on any atom is 0.160 e. The highest BCUT2D eigenvalue weighted by Gasteiger charge is 2.36. The summed E-state index contributed by atoms with van der Waals surface area (Å²) in [4.78, 5) is 0. The molecule has 1 heterocycles. The lowest BCUT2D eigenvalue weighted by Crippen LogP contribution is -2.41. The number of ether oxygens (including phenoxy) is 2. The Labute approximate surface area is 180 Å². The zero-order valence-corrected chi connectivity index (χ0v) is 18.5. The van der Waals surface area contributed by atoms with Crippen molar-refractivity contribution in [1.29, 1.82) is 0 Å². The minimum atomic E-state index is -0.763. The van der Waals surface area contributed by atoms with Gasteiger partial charge < -0.3 is 9.47 Å². The molecular weight excluding hydrogens is 382 g/mol. The first-order valence-electron chi connectivity index (χ1n) is 12.3. The number of hydrogen-bond donors (Lipinski definition) is 0. The first kappa shape index (κ1) is 22.2. The van der Waals surface area contributed by atoms with E-state index in [1.165, 1.54) is 57.1 Å². The highest BCUT2D eigenvalue weighted by molar-refractivity contribution is 5.22. The van der Waals surface area contributed by atoms with E-state index in [-0.39, 0.29) is 6.29 Å². The molecule has 2 aliphatic carbocycles. The highest BCUT2D eigenvalue weighted by Crippen LogP contribution is 2.41. The Morgan fingerprint density at radius 2 is 1.47 bits per heavy atom. The third kappa shape index (κ3) is 5.43. The predicted molar refractivity (Wildman–Crippen MR) is 115 cm³/mol. The van der Waals surface area contributed by atoms with Crippen LogP contribution in [0.4, 0.5) is 8.78 Å². The van der Waals surface area contributed by atoms with Crippen molar-refractivity contribution >= 4 is 0 Å². The van der Waals surface area contributed by atoms with Crippen LogP contribution in [0.25, 0.3) is 0 Å². The second-order valence-corrected chi connectivity index (χ2v) is 10.0. The lowest BCUT2D eigenvalue weighted by atomic mass is 9.74. The summed E-state index contributed by atoms with van der Waals surface area (Å²) in [7, 11) is 0. The van der Waals surface area contributed by atoms with E-state index in [2.05, 4.69) is 6.92 Å². The lowest BCUT2D eigenvalue weighted by molar-refractivity contribution is -0.236. The quantitative estimate of drug-likeness (QED) is 0.483. The van der Waals surface area contributed by atoms with Crippen molar-refractivity contribution in [3.8, 4) is 0 Å². The standard InChI is InChI=1S/C26H38F2O2/c1-2-3-4-18-5-7-20(8-6-18)23-16-29-26(30-17-23)21-11-9-19(10-12-21)22-13-14-24(27)25(28)15-22/h13-15,18-21,23,26H,2-12,16-17H2,1H3. The van der Waals surface area contributed by atoms with E-state index < -0.39 is 11.6 Å². The normalized spacial score (nSPS) is 35.3. The summed E-state index contributed by atoms with van der Waals surface area (Å²) in [6, 6.07) is 4.36. The molecule has 4 rings (SSSR count). The smallest absolute Gasteiger partial charge is 0.160 e. The maximum atomic E-state index is 13.6. The molecule has 0 N–H and O–H groups in total. The van der Waals surface area contributed by atoms with Crippen molar-refractivity contribution in [2.75, 3.05) is 13.2 Å². The van der Waals surface area contributed by atoms with Gasteiger partial charge in [-0.15, -0.1) is 0 Å². The van der Waals surface area contributed by atoms with Crippen molar-refractivity contribution in [2.45, 2.75) is 89.8 Å². The average Bonchev–Trinajstić information content (AvgIpc) is 2.80. The maximum absolute atomic E-state index is 13.6. The first-order valence-corrected chi connectivity index (χ1v) is 12.3. The Kier molecular flexibility index (Phi) is 7.80. The van der Waals surface area contributed by atoms with Crippen LogP contribution in [0.2, 0.25) is 0 Å². The highest BCUT2D eigenvalue weighted by atomic mass is 19.2. The Morgan fingerprint density at radius 1 is 0.800 bits per heavy atom. The molecule has 1 aliphatic heterocycles. The first-order chi connectivity index (χ1) is 14.6. The zero-order valence-electron chi connectivity index (χ0n) is 18.5. The predicted octanol–water partition coefficient (Wildman–Crippen LogP) is 7.22. The van der Waals surface area contributed by atoms with E-state index >= 15 is 0 Å². The van der Waals surface area contributed by atoms with Gasteiger partial charge in [0.2, 0.25) is 0 Å². The van der Waals surface area contributed by atoms with Crippen LogP contribution in [0.15, 0.2) is 18.2 Å². The molecule has 0 radical (unpaired) electrons. The van der Waals surface area contributed by atoms with Crippen LogP contribution in [-0.4, -0.2) is 19.5 Å². The summed E-state index contributed by atoms with van der Waals surface area (Å²) >= 11 is 0. The molecule has 3 aliphatic rings. The van der Waals surface area contributed by atoms with Crippen LogP contribution >= 0.6 is 0 Å². The van der Waals surface area contributed by atoms with Gasteiger partial charge in [0.1, 0.15) is 0 Å². The average molecular weight is 421 g/mol. The van der Waals surface area contributed by atoms with Crippen LogP contribution in [0.3, 0.4) is 0 Å². The molecule has 0 aromatic heterocycles. The molecule has 0 amide bonds. The van der Waals surface area contributed by atoms with E-state index in [0.717, 1.165) is 56.3 Å². The monoisotopic (exact) mass is 420 g/mol. The Hall–Kier alpha value is -1.00. The summed E-state index contributed by atoms with van der Waals surface area (Å²) in [6.07, 6.45) is 13.5. The third-order valence-corrected chi connectivity index (χ3v) is 8.04. The second kappa shape index (κ2) is 10.5. The van der Waals surface area contributed by atoms with Gasteiger partial charge in [0, 0.05) is 11.8 Å². The molecule has 1 saturated heterocycles.